The van der Waals surface area contributed by atoms with Gasteiger partial charge in [-0.25, -0.2) is 0 Å². The maximum Gasteiger partial charge on any atom is 0.218 e. The lowest BCUT2D eigenvalue weighted by atomic mass is 10.4. The van der Waals surface area contributed by atoms with Gasteiger partial charge in [-0.3, -0.25) is 4.79 Å². The Morgan fingerprint density at radius 3 is 2.83 bits per heavy atom. The largest absolute Gasteiger partial charge is 0.394 e. The lowest BCUT2D eigenvalue weighted by molar-refractivity contribution is 0.130. The van der Waals surface area contributed by atoms with Crippen LogP contribution >= 0.6 is 15.9 Å². The fourth-order valence-corrected chi connectivity index (χ4v) is 1.33. The third kappa shape index (κ3) is 1.86. The molecule has 0 atom stereocenters. The molecule has 0 saturated carbocycles. The van der Waals surface area contributed by atoms with Gasteiger partial charge in [0, 0.05) is 19.5 Å². The first-order valence-electron chi connectivity index (χ1n) is 3.29. The number of methoxy groups -OCH3 is 1. The summed E-state index contributed by atoms with van der Waals surface area (Å²) in [6.45, 7) is 0.378. The van der Waals surface area contributed by atoms with E-state index in [-0.39, 0.29) is 11.1 Å². The van der Waals surface area contributed by atoms with Crippen molar-refractivity contribution in [2.24, 2.45) is 0 Å². The second kappa shape index (κ2) is 3.73. The monoisotopic (exact) mass is 232 g/mol. The lowest BCUT2D eigenvalue weighted by Gasteiger charge is -2.05. The molecule has 1 aromatic heterocycles. The smallest absolute Gasteiger partial charge is 0.218 e. The first kappa shape index (κ1) is 9.28. The summed E-state index contributed by atoms with van der Waals surface area (Å²) in [5.41, 5.74) is 5.45. The molecular weight excluding hydrogens is 224 g/mol. The Morgan fingerprint density at radius 2 is 2.33 bits per heavy atom. The number of aromatic nitrogens is 1. The molecule has 1 heterocycles. The van der Waals surface area contributed by atoms with Gasteiger partial charge in [0.25, 0.3) is 0 Å². The number of nitrogens with two attached hydrogens (primary N) is 1. The zero-order valence-electron chi connectivity index (χ0n) is 6.58. The Balaban J connectivity index is 3.13. The zero-order valence-corrected chi connectivity index (χ0v) is 8.17. The van der Waals surface area contributed by atoms with E-state index in [1.54, 1.807) is 17.9 Å². The molecule has 0 aliphatic heterocycles. The Labute approximate surface area is 78.1 Å². The molecule has 0 aliphatic carbocycles. The predicted octanol–water partition coefficient (Wildman–Crippen LogP) is 0.797. The van der Waals surface area contributed by atoms with Crippen LogP contribution in [0.5, 0.6) is 0 Å². The highest BCUT2D eigenvalue weighted by Gasteiger charge is 2.00. The van der Waals surface area contributed by atoms with Gasteiger partial charge >= 0.3 is 0 Å². The van der Waals surface area contributed by atoms with E-state index in [4.69, 9.17) is 10.5 Å². The Kier molecular flexibility index (Phi) is 2.88. The van der Waals surface area contributed by atoms with Crippen molar-refractivity contribution in [3.05, 3.63) is 27.1 Å². The summed E-state index contributed by atoms with van der Waals surface area (Å²) in [5, 5.41) is 0. The summed E-state index contributed by atoms with van der Waals surface area (Å²) in [6, 6.07) is 0. The highest BCUT2D eigenvalue weighted by atomic mass is 79.9. The molecule has 0 bridgehead atoms. The maximum atomic E-state index is 11.1. The molecule has 0 unspecified atom stereocenters. The minimum Gasteiger partial charge on any atom is -0.394 e. The summed E-state index contributed by atoms with van der Waals surface area (Å²) in [6.07, 6.45) is 3.17. The van der Waals surface area contributed by atoms with Crippen molar-refractivity contribution < 1.29 is 4.74 Å². The first-order chi connectivity index (χ1) is 5.65. The van der Waals surface area contributed by atoms with E-state index in [1.165, 1.54) is 6.20 Å². The molecule has 0 fully saturated rings. The van der Waals surface area contributed by atoms with Gasteiger partial charge < -0.3 is 15.0 Å². The standard InChI is InChI=1S/C7H9BrN2O2/c1-12-4-10-2-5(8)7(11)6(9)3-10/h2-3H,4,9H2,1H3. The van der Waals surface area contributed by atoms with Crippen LogP contribution in [0.1, 0.15) is 0 Å². The Hall–Kier alpha value is -0.810. The first-order valence-corrected chi connectivity index (χ1v) is 4.08. The predicted molar refractivity (Wildman–Crippen MR) is 49.8 cm³/mol. The van der Waals surface area contributed by atoms with Crippen molar-refractivity contribution in [1.29, 1.82) is 0 Å². The second-order valence-electron chi connectivity index (χ2n) is 2.32. The highest BCUT2D eigenvalue weighted by Crippen LogP contribution is 2.05. The lowest BCUT2D eigenvalue weighted by Crippen LogP contribution is -2.13. The van der Waals surface area contributed by atoms with E-state index in [9.17, 15) is 4.79 Å². The van der Waals surface area contributed by atoms with Crippen LogP contribution in [0.2, 0.25) is 0 Å². The van der Waals surface area contributed by atoms with E-state index in [2.05, 4.69) is 15.9 Å². The summed E-state index contributed by atoms with van der Waals surface area (Å²) in [4.78, 5) is 11.1. The average molecular weight is 233 g/mol. The van der Waals surface area contributed by atoms with Crippen LogP contribution in [0.4, 0.5) is 5.69 Å². The van der Waals surface area contributed by atoms with Gasteiger partial charge in [0.05, 0.1) is 10.2 Å². The number of pyridine rings is 1. The molecule has 2 N–H and O–H groups in total. The molecule has 0 amide bonds. The van der Waals surface area contributed by atoms with Gasteiger partial charge in [-0.15, -0.1) is 0 Å². The molecule has 1 rings (SSSR count). The number of anilines is 1. The van der Waals surface area contributed by atoms with Crippen molar-refractivity contribution in [2.75, 3.05) is 12.8 Å². The number of nitrogens with zero attached hydrogens (tertiary/aromatic N) is 1. The van der Waals surface area contributed by atoms with Gasteiger partial charge in [-0.1, -0.05) is 0 Å². The molecule has 1 aromatic rings. The third-order valence-electron chi connectivity index (χ3n) is 1.34. The molecular formula is C7H9BrN2O2. The molecule has 66 valence electrons. The fraction of sp³-hybridized carbons (Fsp3) is 0.286. The number of hydrogen-bond donors (Lipinski definition) is 1. The Bertz CT molecular complexity index is 308. The molecule has 0 aliphatic rings. The van der Waals surface area contributed by atoms with Crippen LogP contribution in [-0.2, 0) is 11.5 Å². The van der Waals surface area contributed by atoms with Gasteiger partial charge in [0.2, 0.25) is 5.43 Å². The van der Waals surface area contributed by atoms with Crippen LogP contribution in [0.25, 0.3) is 0 Å². The van der Waals surface area contributed by atoms with Crippen molar-refractivity contribution in [2.45, 2.75) is 6.73 Å². The number of rotatable bonds is 2. The molecule has 5 heteroatoms. The van der Waals surface area contributed by atoms with E-state index < -0.39 is 0 Å². The number of halogens is 1. The number of ether oxygens (including phenoxy) is 1. The van der Waals surface area contributed by atoms with Gasteiger partial charge in [-0.2, -0.15) is 0 Å². The maximum absolute atomic E-state index is 11.1. The molecule has 0 spiro atoms. The zero-order chi connectivity index (χ0) is 9.14. The van der Waals surface area contributed by atoms with Gasteiger partial charge in [0.15, 0.2) is 0 Å². The second-order valence-corrected chi connectivity index (χ2v) is 3.18. The summed E-state index contributed by atoms with van der Waals surface area (Å²) in [5.74, 6) is 0. The average Bonchev–Trinajstić information content (AvgIpc) is 2.01. The number of nitrogen functional groups attached to an aromatic ring is 1. The van der Waals surface area contributed by atoms with E-state index >= 15 is 0 Å². The van der Waals surface area contributed by atoms with Crippen molar-refractivity contribution in [3.8, 4) is 0 Å². The van der Waals surface area contributed by atoms with Crippen LogP contribution in [-0.4, -0.2) is 11.7 Å². The summed E-state index contributed by atoms with van der Waals surface area (Å²) >= 11 is 3.10. The van der Waals surface area contributed by atoms with E-state index in [0.29, 0.717) is 11.2 Å². The summed E-state index contributed by atoms with van der Waals surface area (Å²) in [7, 11) is 1.57. The SMILES string of the molecule is COCn1cc(N)c(=O)c(Br)c1. The normalized spacial score (nSPS) is 10.2. The van der Waals surface area contributed by atoms with E-state index in [1.807, 2.05) is 0 Å². The molecule has 12 heavy (non-hydrogen) atoms. The minimum atomic E-state index is -0.192. The third-order valence-corrected chi connectivity index (χ3v) is 1.91. The van der Waals surface area contributed by atoms with Crippen LogP contribution in [0, 0.1) is 0 Å². The highest BCUT2D eigenvalue weighted by molar-refractivity contribution is 9.10. The van der Waals surface area contributed by atoms with Gasteiger partial charge in [0.1, 0.15) is 6.73 Å². The minimum absolute atomic E-state index is 0.192. The van der Waals surface area contributed by atoms with Crippen molar-refractivity contribution >= 4 is 21.6 Å². The fourth-order valence-electron chi connectivity index (χ4n) is 0.840. The molecule has 0 aromatic carbocycles. The van der Waals surface area contributed by atoms with Crippen molar-refractivity contribution in [1.82, 2.24) is 4.57 Å². The Morgan fingerprint density at radius 1 is 1.67 bits per heavy atom. The van der Waals surface area contributed by atoms with Crippen LogP contribution in [0.3, 0.4) is 0 Å². The van der Waals surface area contributed by atoms with Crippen LogP contribution < -0.4 is 11.2 Å². The topological polar surface area (TPSA) is 57.2 Å². The quantitative estimate of drug-likeness (QED) is 0.821. The van der Waals surface area contributed by atoms with Crippen LogP contribution in [0.15, 0.2) is 21.7 Å². The van der Waals surface area contributed by atoms with Gasteiger partial charge in [-0.05, 0) is 15.9 Å². The molecule has 0 radical (unpaired) electrons. The van der Waals surface area contributed by atoms with E-state index in [0.717, 1.165) is 0 Å². The van der Waals surface area contributed by atoms with Crippen molar-refractivity contribution in [3.63, 3.8) is 0 Å². The number of hydrogen-bond acceptors (Lipinski definition) is 3. The molecule has 0 saturated heterocycles. The molecule has 4 nitrogen and oxygen atoms in total. The summed E-state index contributed by atoms with van der Waals surface area (Å²) < 4.78 is 6.99.